The summed E-state index contributed by atoms with van der Waals surface area (Å²) in [5, 5.41) is 9.51. The molecular formula is C42H57N5O2S. The Kier molecular flexibility index (Phi) is 12.2. The van der Waals surface area contributed by atoms with Crippen LogP contribution in [0.25, 0.3) is 17.0 Å². The fourth-order valence-electron chi connectivity index (χ4n) is 8.13. The third kappa shape index (κ3) is 9.49. The molecule has 7 nitrogen and oxygen atoms in total. The minimum atomic E-state index is -0.683. The lowest BCUT2D eigenvalue weighted by Gasteiger charge is -2.35. The number of allylic oxidation sites excluding steroid dienone is 2. The first-order chi connectivity index (χ1) is 24.2. The predicted molar refractivity (Wildman–Crippen MR) is 205 cm³/mol. The van der Waals surface area contributed by atoms with Crippen LogP contribution in [0.5, 0.6) is 0 Å². The van der Waals surface area contributed by atoms with Crippen molar-refractivity contribution in [3.8, 4) is 11.4 Å². The highest BCUT2D eigenvalue weighted by atomic mass is 32.1. The summed E-state index contributed by atoms with van der Waals surface area (Å²) in [6.45, 7) is 11.2. The molecule has 6 rings (SSSR count). The number of benzene rings is 1. The molecule has 1 aliphatic heterocycles. The Labute approximate surface area is 303 Å². The van der Waals surface area contributed by atoms with Gasteiger partial charge in [0.05, 0.1) is 4.88 Å². The van der Waals surface area contributed by atoms with E-state index in [0.29, 0.717) is 29.6 Å². The first-order valence-electron chi connectivity index (χ1n) is 19.2. The Morgan fingerprint density at radius 1 is 0.920 bits per heavy atom. The normalized spacial score (nSPS) is 23.2. The molecule has 3 N–H and O–H groups in total. The molecular weight excluding hydrogens is 639 g/mol. The number of amides is 2. The maximum atomic E-state index is 13.5. The van der Waals surface area contributed by atoms with Gasteiger partial charge < -0.3 is 16.0 Å². The molecule has 8 heteroatoms. The predicted octanol–water partition coefficient (Wildman–Crippen LogP) is 8.36. The van der Waals surface area contributed by atoms with Gasteiger partial charge in [0.2, 0.25) is 5.91 Å². The van der Waals surface area contributed by atoms with Crippen LogP contribution in [0, 0.1) is 23.7 Å². The van der Waals surface area contributed by atoms with Gasteiger partial charge in [0.1, 0.15) is 6.04 Å². The van der Waals surface area contributed by atoms with E-state index in [0.717, 1.165) is 65.3 Å². The lowest BCUT2D eigenvalue weighted by Crippen LogP contribution is -2.49. The summed E-state index contributed by atoms with van der Waals surface area (Å²) in [6, 6.07) is 11.3. The van der Waals surface area contributed by atoms with Gasteiger partial charge in [0, 0.05) is 41.4 Å². The van der Waals surface area contributed by atoms with E-state index in [4.69, 9.17) is 9.97 Å². The van der Waals surface area contributed by atoms with E-state index in [1.165, 1.54) is 68.3 Å². The number of carbonyl (C=O) groups is 2. The molecule has 1 saturated carbocycles. The van der Waals surface area contributed by atoms with Crippen molar-refractivity contribution in [3.05, 3.63) is 75.7 Å². The highest BCUT2D eigenvalue weighted by Gasteiger charge is 2.29. The summed E-state index contributed by atoms with van der Waals surface area (Å²) in [7, 11) is 0. The molecule has 1 saturated heterocycles. The number of rotatable bonds is 12. The average molecular weight is 696 g/mol. The van der Waals surface area contributed by atoms with Gasteiger partial charge in [0.25, 0.3) is 5.91 Å². The molecule has 0 radical (unpaired) electrons. The van der Waals surface area contributed by atoms with Crippen molar-refractivity contribution >= 4 is 28.7 Å². The zero-order chi connectivity index (χ0) is 35.1. The lowest BCUT2D eigenvalue weighted by atomic mass is 9.70. The number of carbonyl (C=O) groups excluding carboxylic acids is 2. The number of hydrogen-bond donors (Lipinski definition) is 3. The van der Waals surface area contributed by atoms with E-state index >= 15 is 0 Å². The van der Waals surface area contributed by atoms with Gasteiger partial charge in [-0.05, 0) is 104 Å². The second-order valence-electron chi connectivity index (χ2n) is 16.1. The summed E-state index contributed by atoms with van der Waals surface area (Å²) in [6.07, 6.45) is 19.9. The number of nitrogens with one attached hydrogen (secondary N) is 3. The molecule has 0 spiro atoms. The molecule has 3 unspecified atom stereocenters. The maximum absolute atomic E-state index is 13.5. The van der Waals surface area contributed by atoms with E-state index in [-0.39, 0.29) is 17.2 Å². The Bertz CT molecular complexity index is 1590. The number of aromatic nitrogens is 2. The molecule has 2 fully saturated rings. The summed E-state index contributed by atoms with van der Waals surface area (Å²) < 4.78 is 0. The van der Waals surface area contributed by atoms with Crippen molar-refractivity contribution in [2.45, 2.75) is 110 Å². The van der Waals surface area contributed by atoms with E-state index in [1.54, 1.807) is 0 Å². The topological polar surface area (TPSA) is 96.0 Å². The highest BCUT2D eigenvalue weighted by Crippen LogP contribution is 2.42. The molecule has 2 amide bonds. The molecule has 3 atom stereocenters. The Balaban J connectivity index is 1.06. The van der Waals surface area contributed by atoms with Crippen LogP contribution in [0.4, 0.5) is 0 Å². The SMILES string of the molecule is CCCC1CCC(C2CC=C(c3cnc(-c4ccc(CC(NC(=O)c5ccc(C(C)(C)C)s5)C(=O)NCC5CCNC5)cc4)nc3)CC2)CC1. The highest BCUT2D eigenvalue weighted by molar-refractivity contribution is 7.14. The molecule has 2 aromatic heterocycles. The number of nitrogens with zero attached hydrogens (tertiary/aromatic N) is 2. The van der Waals surface area contributed by atoms with Crippen LogP contribution >= 0.6 is 11.3 Å². The van der Waals surface area contributed by atoms with Gasteiger partial charge >= 0.3 is 0 Å². The zero-order valence-electron chi connectivity index (χ0n) is 30.6. The standard InChI is InChI=1S/C42H57N5O2S/c1-5-6-28-7-11-31(12-8-28)32-15-17-33(18-16-32)35-26-44-39(45-27-35)34-13-9-29(10-14-34)23-36(40(48)46-25-30-21-22-43-24-30)47-41(49)37-19-20-38(50-37)42(2,3)4/h9-10,13-14,17,19-20,26-28,30-32,36,43H,5-8,11-12,15-16,18,21-25H2,1-4H3,(H,46,48)(H,47,49). The van der Waals surface area contributed by atoms with Crippen LogP contribution < -0.4 is 16.0 Å². The Morgan fingerprint density at radius 2 is 1.68 bits per heavy atom. The summed E-state index contributed by atoms with van der Waals surface area (Å²) in [5.74, 6) is 3.45. The van der Waals surface area contributed by atoms with Crippen molar-refractivity contribution in [2.75, 3.05) is 19.6 Å². The maximum Gasteiger partial charge on any atom is 0.262 e. The summed E-state index contributed by atoms with van der Waals surface area (Å²) in [4.78, 5) is 38.1. The van der Waals surface area contributed by atoms with Crippen LogP contribution in [0.3, 0.4) is 0 Å². The molecule has 0 bridgehead atoms. The first kappa shape index (κ1) is 36.4. The van der Waals surface area contributed by atoms with Gasteiger partial charge in [-0.3, -0.25) is 9.59 Å². The molecule has 50 heavy (non-hydrogen) atoms. The van der Waals surface area contributed by atoms with E-state index in [1.807, 2.05) is 48.8 Å². The fourth-order valence-corrected chi connectivity index (χ4v) is 9.10. The lowest BCUT2D eigenvalue weighted by molar-refractivity contribution is -0.123. The van der Waals surface area contributed by atoms with Crippen molar-refractivity contribution in [2.24, 2.45) is 23.7 Å². The second kappa shape index (κ2) is 16.8. The second-order valence-corrected chi connectivity index (χ2v) is 17.2. The van der Waals surface area contributed by atoms with Crippen molar-refractivity contribution in [3.63, 3.8) is 0 Å². The number of hydrogen-bond acceptors (Lipinski definition) is 6. The fraction of sp³-hybridized carbons (Fsp3) is 0.571. The quantitative estimate of drug-likeness (QED) is 0.177. The van der Waals surface area contributed by atoms with Crippen molar-refractivity contribution in [1.29, 1.82) is 0 Å². The van der Waals surface area contributed by atoms with Crippen LogP contribution in [0.2, 0.25) is 0 Å². The summed E-state index contributed by atoms with van der Waals surface area (Å²) >= 11 is 1.49. The van der Waals surface area contributed by atoms with Crippen molar-refractivity contribution in [1.82, 2.24) is 25.9 Å². The first-order valence-corrected chi connectivity index (χ1v) is 20.0. The molecule has 3 aromatic rings. The minimum absolute atomic E-state index is 0.0372. The van der Waals surface area contributed by atoms with Crippen LogP contribution in [0.1, 0.15) is 118 Å². The van der Waals surface area contributed by atoms with E-state index < -0.39 is 6.04 Å². The smallest absolute Gasteiger partial charge is 0.262 e. The molecule has 1 aromatic carbocycles. The molecule has 3 heterocycles. The van der Waals surface area contributed by atoms with E-state index in [9.17, 15) is 9.59 Å². The Morgan fingerprint density at radius 3 is 2.30 bits per heavy atom. The van der Waals surface area contributed by atoms with Crippen molar-refractivity contribution < 1.29 is 9.59 Å². The van der Waals surface area contributed by atoms with Gasteiger partial charge in [-0.2, -0.15) is 0 Å². The van der Waals surface area contributed by atoms with Gasteiger partial charge in [-0.25, -0.2) is 9.97 Å². The monoisotopic (exact) mass is 695 g/mol. The third-order valence-corrected chi connectivity index (χ3v) is 12.8. The van der Waals surface area contributed by atoms with Crippen LogP contribution in [-0.4, -0.2) is 47.5 Å². The molecule has 2 aliphatic carbocycles. The summed E-state index contributed by atoms with van der Waals surface area (Å²) in [5.41, 5.74) is 4.38. The minimum Gasteiger partial charge on any atom is -0.354 e. The molecule has 3 aliphatic rings. The van der Waals surface area contributed by atoms with Gasteiger partial charge in [-0.1, -0.05) is 83.7 Å². The van der Waals surface area contributed by atoms with Crippen LogP contribution in [-0.2, 0) is 16.6 Å². The van der Waals surface area contributed by atoms with Gasteiger partial charge in [0.15, 0.2) is 5.82 Å². The third-order valence-electron chi connectivity index (χ3n) is 11.3. The zero-order valence-corrected chi connectivity index (χ0v) is 31.4. The Hall–Kier alpha value is -3.36. The largest absolute Gasteiger partial charge is 0.354 e. The number of thiophene rings is 1. The molecule has 268 valence electrons. The van der Waals surface area contributed by atoms with Crippen LogP contribution in [0.15, 0.2) is 54.9 Å². The van der Waals surface area contributed by atoms with E-state index in [2.05, 4.69) is 49.7 Å². The van der Waals surface area contributed by atoms with Gasteiger partial charge in [-0.15, -0.1) is 11.3 Å². The average Bonchev–Trinajstić information content (AvgIpc) is 3.85.